The Bertz CT molecular complexity index is 597. The van der Waals surface area contributed by atoms with Gasteiger partial charge in [-0.1, -0.05) is 6.92 Å². The molecule has 0 aromatic carbocycles. The van der Waals surface area contributed by atoms with Crippen LogP contribution in [0.2, 0.25) is 0 Å². The highest BCUT2D eigenvalue weighted by molar-refractivity contribution is 7.89. The van der Waals surface area contributed by atoms with E-state index in [-0.39, 0.29) is 0 Å². The average Bonchev–Trinajstić information content (AvgIpc) is 2.95. The number of hydrogen-bond acceptors (Lipinski definition) is 3. The van der Waals surface area contributed by atoms with Gasteiger partial charge in [0.25, 0.3) is 0 Å². The van der Waals surface area contributed by atoms with E-state index in [0.29, 0.717) is 47.1 Å². The summed E-state index contributed by atoms with van der Waals surface area (Å²) in [7, 11) is -1.82. The Morgan fingerprint density at radius 2 is 2.05 bits per heavy atom. The van der Waals surface area contributed by atoms with Gasteiger partial charge in [-0.2, -0.15) is 5.10 Å². The Balaban J connectivity index is 2.28. The summed E-state index contributed by atoms with van der Waals surface area (Å²) in [6, 6.07) is 0. The van der Waals surface area contributed by atoms with Crippen molar-refractivity contribution in [3.8, 4) is 0 Å². The summed E-state index contributed by atoms with van der Waals surface area (Å²) >= 11 is 5.72. The fraction of sp³-hybridized carbons (Fsp3) is 0.769. The van der Waals surface area contributed by atoms with Crippen LogP contribution in [0.25, 0.3) is 0 Å². The largest absolute Gasteiger partial charge is 0.267 e. The van der Waals surface area contributed by atoms with Crippen LogP contribution in [0.15, 0.2) is 4.90 Å². The van der Waals surface area contributed by atoms with Crippen molar-refractivity contribution < 1.29 is 8.42 Å². The molecule has 2 atom stereocenters. The van der Waals surface area contributed by atoms with Gasteiger partial charge in [0.1, 0.15) is 4.90 Å². The van der Waals surface area contributed by atoms with Crippen LogP contribution < -0.4 is 0 Å². The molecule has 20 heavy (non-hydrogen) atoms. The molecule has 1 fully saturated rings. The second-order valence-corrected chi connectivity index (χ2v) is 8.03. The first-order valence-corrected chi connectivity index (χ1v) is 8.82. The molecule has 0 saturated heterocycles. The van der Waals surface area contributed by atoms with E-state index < -0.39 is 10.0 Å². The number of alkyl halides is 1. The second-order valence-electron chi connectivity index (χ2n) is 5.67. The first kappa shape index (κ1) is 15.8. The normalized spacial score (nSPS) is 22.5. The van der Waals surface area contributed by atoms with Gasteiger partial charge in [-0.15, -0.1) is 11.6 Å². The van der Waals surface area contributed by atoms with Crippen LogP contribution in [0.1, 0.15) is 24.7 Å². The molecule has 114 valence electrons. The topological polar surface area (TPSA) is 55.2 Å². The van der Waals surface area contributed by atoms with Gasteiger partial charge in [0.15, 0.2) is 0 Å². The zero-order valence-electron chi connectivity index (χ0n) is 12.4. The summed E-state index contributed by atoms with van der Waals surface area (Å²) in [6.07, 6.45) is 1.11. The second kappa shape index (κ2) is 5.66. The Morgan fingerprint density at radius 1 is 1.45 bits per heavy atom. The predicted molar refractivity (Wildman–Crippen MR) is 79.5 cm³/mol. The van der Waals surface area contributed by atoms with E-state index in [0.717, 1.165) is 6.42 Å². The maximum atomic E-state index is 12.7. The van der Waals surface area contributed by atoms with E-state index in [4.69, 9.17) is 11.6 Å². The monoisotopic (exact) mass is 319 g/mol. The lowest BCUT2D eigenvalue weighted by molar-refractivity contribution is 0.444. The molecule has 7 heteroatoms. The molecule has 1 aromatic heterocycles. The molecule has 0 radical (unpaired) electrons. The van der Waals surface area contributed by atoms with E-state index in [1.54, 1.807) is 25.6 Å². The Labute approximate surface area is 126 Å². The minimum Gasteiger partial charge on any atom is -0.267 e. The summed E-state index contributed by atoms with van der Waals surface area (Å²) in [5, 5.41) is 4.28. The van der Waals surface area contributed by atoms with E-state index in [1.807, 2.05) is 0 Å². The molecule has 2 rings (SSSR count). The number of sulfonamides is 1. The summed E-state index contributed by atoms with van der Waals surface area (Å²) in [6.45, 7) is 6.78. The summed E-state index contributed by atoms with van der Waals surface area (Å²) in [5.41, 5.74) is 1.21. The SMILES string of the molecule is Cc1nn(CCCl)c(C)c1S(=O)(=O)N(C)CC1CC1C. The highest BCUT2D eigenvalue weighted by atomic mass is 35.5. The molecule has 0 amide bonds. The van der Waals surface area contributed by atoms with Crippen LogP contribution in [0.3, 0.4) is 0 Å². The molecular formula is C13H22ClN3O2S. The summed E-state index contributed by atoms with van der Waals surface area (Å²) in [4.78, 5) is 0.332. The molecular weight excluding hydrogens is 298 g/mol. The van der Waals surface area contributed by atoms with E-state index in [2.05, 4.69) is 12.0 Å². The molecule has 1 aliphatic carbocycles. The van der Waals surface area contributed by atoms with Gasteiger partial charge in [0.05, 0.1) is 17.9 Å². The highest BCUT2D eigenvalue weighted by Gasteiger charge is 2.37. The lowest BCUT2D eigenvalue weighted by Crippen LogP contribution is -2.30. The molecule has 1 saturated carbocycles. The Kier molecular flexibility index (Phi) is 4.47. The summed E-state index contributed by atoms with van der Waals surface area (Å²) in [5.74, 6) is 1.54. The van der Waals surface area contributed by atoms with Gasteiger partial charge in [0, 0.05) is 19.5 Å². The van der Waals surface area contributed by atoms with Crippen molar-refractivity contribution in [3.63, 3.8) is 0 Å². The van der Waals surface area contributed by atoms with Crippen molar-refractivity contribution in [2.75, 3.05) is 19.5 Å². The van der Waals surface area contributed by atoms with Gasteiger partial charge < -0.3 is 0 Å². The fourth-order valence-corrected chi connectivity index (χ4v) is 4.34. The molecule has 0 N–H and O–H groups in total. The van der Waals surface area contributed by atoms with Crippen molar-refractivity contribution in [3.05, 3.63) is 11.4 Å². The molecule has 2 unspecified atom stereocenters. The van der Waals surface area contributed by atoms with Crippen LogP contribution in [0.5, 0.6) is 0 Å². The average molecular weight is 320 g/mol. The van der Waals surface area contributed by atoms with E-state index >= 15 is 0 Å². The Morgan fingerprint density at radius 3 is 2.55 bits per heavy atom. The van der Waals surface area contributed by atoms with Crippen LogP contribution in [-0.4, -0.2) is 42.0 Å². The lowest BCUT2D eigenvalue weighted by atomic mass is 10.3. The maximum Gasteiger partial charge on any atom is 0.246 e. The van der Waals surface area contributed by atoms with Crippen molar-refractivity contribution in [2.24, 2.45) is 11.8 Å². The maximum absolute atomic E-state index is 12.7. The van der Waals surface area contributed by atoms with Crippen LogP contribution in [-0.2, 0) is 16.6 Å². The molecule has 0 spiro atoms. The van der Waals surface area contributed by atoms with Gasteiger partial charge in [-0.05, 0) is 32.1 Å². The predicted octanol–water partition coefficient (Wildman–Crippen LogP) is 2.02. The number of hydrogen-bond donors (Lipinski definition) is 0. The third-order valence-corrected chi connectivity index (χ3v) is 6.29. The first-order valence-electron chi connectivity index (χ1n) is 6.85. The quantitative estimate of drug-likeness (QED) is 0.754. The van der Waals surface area contributed by atoms with Crippen molar-refractivity contribution in [1.29, 1.82) is 0 Å². The number of rotatable bonds is 6. The zero-order valence-corrected chi connectivity index (χ0v) is 14.0. The summed E-state index contributed by atoms with van der Waals surface area (Å²) < 4.78 is 28.5. The highest BCUT2D eigenvalue weighted by Crippen LogP contribution is 2.39. The van der Waals surface area contributed by atoms with Gasteiger partial charge in [0.2, 0.25) is 10.0 Å². The van der Waals surface area contributed by atoms with Crippen LogP contribution in [0, 0.1) is 25.7 Å². The van der Waals surface area contributed by atoms with Gasteiger partial charge in [-0.3, -0.25) is 4.68 Å². The minimum absolute atomic E-state index is 0.332. The fourth-order valence-electron chi connectivity index (χ4n) is 2.59. The van der Waals surface area contributed by atoms with Gasteiger partial charge in [-0.25, -0.2) is 12.7 Å². The number of aryl methyl sites for hydroxylation is 2. The molecule has 1 heterocycles. The molecule has 1 aliphatic rings. The smallest absolute Gasteiger partial charge is 0.246 e. The molecule has 5 nitrogen and oxygen atoms in total. The van der Waals surface area contributed by atoms with E-state index in [9.17, 15) is 8.42 Å². The number of nitrogens with zero attached hydrogens (tertiary/aromatic N) is 3. The lowest BCUT2D eigenvalue weighted by Gasteiger charge is -2.17. The van der Waals surface area contributed by atoms with Crippen LogP contribution in [0.4, 0.5) is 0 Å². The van der Waals surface area contributed by atoms with Crippen molar-refractivity contribution >= 4 is 21.6 Å². The number of halogens is 1. The Hall–Kier alpha value is -0.590. The molecule has 1 aromatic rings. The molecule has 0 aliphatic heterocycles. The van der Waals surface area contributed by atoms with E-state index in [1.165, 1.54) is 4.31 Å². The molecule has 0 bridgehead atoms. The van der Waals surface area contributed by atoms with Crippen molar-refractivity contribution in [1.82, 2.24) is 14.1 Å². The standard InChI is InChI=1S/C13H22ClN3O2S/c1-9-7-12(9)8-16(4)20(18,19)13-10(2)15-17(6-5-14)11(13)3/h9,12H,5-8H2,1-4H3. The third kappa shape index (κ3) is 2.87. The third-order valence-electron chi connectivity index (χ3n) is 4.05. The number of aromatic nitrogens is 2. The first-order chi connectivity index (χ1) is 9.28. The van der Waals surface area contributed by atoms with Crippen molar-refractivity contribution in [2.45, 2.75) is 38.6 Å². The minimum atomic E-state index is -3.47. The van der Waals surface area contributed by atoms with Gasteiger partial charge >= 0.3 is 0 Å². The zero-order chi connectivity index (χ0) is 15.1. The van der Waals surface area contributed by atoms with Crippen LogP contribution >= 0.6 is 11.6 Å².